The predicted molar refractivity (Wildman–Crippen MR) is 101 cm³/mol. The Hall–Kier alpha value is -3.43. The highest BCUT2D eigenvalue weighted by atomic mass is 16.4. The van der Waals surface area contributed by atoms with Crippen LogP contribution in [-0.4, -0.2) is 46.3 Å². The summed E-state index contributed by atoms with van der Waals surface area (Å²) in [6, 6.07) is 0. The third-order valence-electron chi connectivity index (χ3n) is 4.52. The minimum absolute atomic E-state index is 0.0379. The molecule has 148 valence electrons. The van der Waals surface area contributed by atoms with Crippen molar-refractivity contribution in [1.82, 2.24) is 29.3 Å². The van der Waals surface area contributed by atoms with Crippen LogP contribution >= 0.6 is 0 Å². The molecule has 28 heavy (non-hydrogen) atoms. The summed E-state index contributed by atoms with van der Waals surface area (Å²) in [6.07, 6.45) is 4.53. The van der Waals surface area contributed by atoms with Crippen molar-refractivity contribution in [1.29, 1.82) is 0 Å². The van der Waals surface area contributed by atoms with Gasteiger partial charge in [0.15, 0.2) is 0 Å². The van der Waals surface area contributed by atoms with Gasteiger partial charge in [0.25, 0.3) is 0 Å². The van der Waals surface area contributed by atoms with Crippen molar-refractivity contribution in [3.63, 3.8) is 0 Å². The van der Waals surface area contributed by atoms with Crippen LogP contribution in [0.1, 0.15) is 39.9 Å². The summed E-state index contributed by atoms with van der Waals surface area (Å²) >= 11 is 0. The quantitative estimate of drug-likeness (QED) is 0.637. The Morgan fingerprint density at radius 3 is 2.46 bits per heavy atom. The number of rotatable bonds is 7. The van der Waals surface area contributed by atoms with Crippen LogP contribution in [-0.2, 0) is 24.4 Å². The molecule has 10 heteroatoms. The molecule has 0 saturated carbocycles. The molecule has 0 aliphatic carbocycles. The minimum Gasteiger partial charge on any atom is -0.478 e. The van der Waals surface area contributed by atoms with Crippen molar-refractivity contribution in [3.05, 3.63) is 46.8 Å². The molecule has 0 aliphatic rings. The molecule has 3 aromatic heterocycles. The molecule has 0 bridgehead atoms. The number of carboxylic acid groups (broad SMARTS) is 1. The van der Waals surface area contributed by atoms with Crippen molar-refractivity contribution in [2.75, 3.05) is 5.32 Å². The first-order valence-electron chi connectivity index (χ1n) is 8.91. The second kappa shape index (κ2) is 7.67. The van der Waals surface area contributed by atoms with Crippen molar-refractivity contribution >= 4 is 17.6 Å². The van der Waals surface area contributed by atoms with E-state index in [1.807, 2.05) is 43.3 Å². The lowest BCUT2D eigenvalue weighted by Crippen LogP contribution is -2.20. The fourth-order valence-corrected chi connectivity index (χ4v) is 2.96. The number of aromatic nitrogens is 6. The van der Waals surface area contributed by atoms with E-state index in [-0.39, 0.29) is 18.0 Å². The predicted octanol–water partition coefficient (Wildman–Crippen LogP) is 1.61. The number of aromatic carboxylic acids is 1. The number of carbonyl (C=O) groups excluding carboxylic acids is 1. The van der Waals surface area contributed by atoms with Gasteiger partial charge in [0, 0.05) is 24.5 Å². The molecular formula is C18H23N7O3. The number of hydrogen-bond acceptors (Lipinski definition) is 5. The Morgan fingerprint density at radius 2 is 1.86 bits per heavy atom. The highest BCUT2D eigenvalue weighted by molar-refractivity contribution is 5.92. The largest absolute Gasteiger partial charge is 0.478 e. The Morgan fingerprint density at radius 1 is 1.11 bits per heavy atom. The molecule has 0 unspecified atom stereocenters. The van der Waals surface area contributed by atoms with Gasteiger partial charge in [0.1, 0.15) is 6.54 Å². The summed E-state index contributed by atoms with van der Waals surface area (Å²) in [5, 5.41) is 24.7. The SMILES string of the molecule is CCn1cc(Cn2nc(C)c(NC(=O)Cn3cc(C(=O)O)cn3)c2C)c(C)n1. The minimum atomic E-state index is -1.08. The van der Waals surface area contributed by atoms with E-state index >= 15 is 0 Å². The smallest absolute Gasteiger partial charge is 0.338 e. The summed E-state index contributed by atoms with van der Waals surface area (Å²) in [4.78, 5) is 23.3. The van der Waals surface area contributed by atoms with Crippen molar-refractivity contribution in [3.8, 4) is 0 Å². The van der Waals surface area contributed by atoms with Gasteiger partial charge in [-0.05, 0) is 27.7 Å². The summed E-state index contributed by atoms with van der Waals surface area (Å²) in [7, 11) is 0. The molecule has 0 aliphatic heterocycles. The summed E-state index contributed by atoms with van der Waals surface area (Å²) in [5.74, 6) is -1.39. The van der Waals surface area contributed by atoms with Crippen LogP contribution < -0.4 is 5.32 Å². The van der Waals surface area contributed by atoms with Gasteiger partial charge in [0.2, 0.25) is 5.91 Å². The van der Waals surface area contributed by atoms with Gasteiger partial charge < -0.3 is 10.4 Å². The molecule has 1 amide bonds. The van der Waals surface area contributed by atoms with Crippen molar-refractivity contribution in [2.24, 2.45) is 0 Å². The third kappa shape index (κ3) is 3.95. The van der Waals surface area contributed by atoms with Gasteiger partial charge in [-0.15, -0.1) is 0 Å². The Kier molecular flexibility index (Phi) is 5.30. The zero-order valence-corrected chi connectivity index (χ0v) is 16.3. The van der Waals surface area contributed by atoms with Crippen molar-refractivity contribution in [2.45, 2.75) is 47.3 Å². The molecule has 2 N–H and O–H groups in total. The highest BCUT2D eigenvalue weighted by Crippen LogP contribution is 2.21. The maximum Gasteiger partial charge on any atom is 0.338 e. The number of nitrogens with one attached hydrogen (secondary N) is 1. The van der Waals surface area contributed by atoms with Crippen LogP contribution in [0.3, 0.4) is 0 Å². The summed E-state index contributed by atoms with van der Waals surface area (Å²) < 4.78 is 5.01. The van der Waals surface area contributed by atoms with Crippen LogP contribution in [0.5, 0.6) is 0 Å². The van der Waals surface area contributed by atoms with Crippen LogP contribution in [0.4, 0.5) is 5.69 Å². The Labute approximate surface area is 161 Å². The molecule has 3 rings (SSSR count). The summed E-state index contributed by atoms with van der Waals surface area (Å²) in [6.45, 7) is 9.01. The van der Waals surface area contributed by atoms with E-state index < -0.39 is 5.97 Å². The van der Waals surface area contributed by atoms with Gasteiger partial charge in [-0.3, -0.25) is 18.8 Å². The standard InChI is InChI=1S/C18H23N7O3/c1-5-23-8-15(11(2)21-23)9-25-13(4)17(12(3)22-25)20-16(26)10-24-7-14(6-19-24)18(27)28/h6-8H,5,9-10H2,1-4H3,(H,20,26)(H,27,28). The molecular weight excluding hydrogens is 362 g/mol. The third-order valence-corrected chi connectivity index (χ3v) is 4.52. The molecule has 0 atom stereocenters. The first-order valence-corrected chi connectivity index (χ1v) is 8.91. The van der Waals surface area contributed by atoms with E-state index in [0.717, 1.165) is 23.5 Å². The maximum absolute atomic E-state index is 12.4. The first kappa shape index (κ1) is 19.3. The highest BCUT2D eigenvalue weighted by Gasteiger charge is 2.17. The van der Waals surface area contributed by atoms with E-state index in [4.69, 9.17) is 5.11 Å². The second-order valence-electron chi connectivity index (χ2n) is 6.58. The van der Waals surface area contributed by atoms with E-state index in [2.05, 4.69) is 20.6 Å². The molecule has 0 spiro atoms. The topological polar surface area (TPSA) is 120 Å². The Bertz CT molecular complexity index is 1030. The van der Waals surface area contributed by atoms with Crippen LogP contribution in [0.15, 0.2) is 18.6 Å². The van der Waals surface area contributed by atoms with E-state index in [1.54, 1.807) is 0 Å². The monoisotopic (exact) mass is 385 g/mol. The molecule has 0 fully saturated rings. The first-order chi connectivity index (χ1) is 13.3. The zero-order valence-electron chi connectivity index (χ0n) is 16.3. The number of carboxylic acids is 1. The van der Waals surface area contributed by atoms with Gasteiger partial charge in [-0.1, -0.05) is 0 Å². The van der Waals surface area contributed by atoms with Crippen LogP contribution in [0, 0.1) is 20.8 Å². The molecule has 0 radical (unpaired) electrons. The summed E-state index contributed by atoms with van der Waals surface area (Å²) in [5.41, 5.74) is 4.25. The number of nitrogens with zero attached hydrogens (tertiary/aromatic N) is 6. The maximum atomic E-state index is 12.4. The van der Waals surface area contributed by atoms with Gasteiger partial charge in [-0.25, -0.2) is 4.79 Å². The van der Waals surface area contributed by atoms with E-state index in [0.29, 0.717) is 17.9 Å². The molecule has 0 aromatic carbocycles. The molecule has 3 heterocycles. The van der Waals surface area contributed by atoms with Gasteiger partial charge in [-0.2, -0.15) is 15.3 Å². The van der Waals surface area contributed by atoms with Crippen LogP contribution in [0.2, 0.25) is 0 Å². The number of anilines is 1. The Balaban J connectivity index is 1.72. The fourth-order valence-electron chi connectivity index (χ4n) is 2.96. The number of aryl methyl sites for hydroxylation is 3. The lowest BCUT2D eigenvalue weighted by Gasteiger charge is -2.07. The average molecular weight is 385 g/mol. The lowest BCUT2D eigenvalue weighted by molar-refractivity contribution is -0.116. The van der Waals surface area contributed by atoms with Crippen molar-refractivity contribution < 1.29 is 14.7 Å². The van der Waals surface area contributed by atoms with Gasteiger partial charge in [0.05, 0.1) is 41.1 Å². The lowest BCUT2D eigenvalue weighted by atomic mass is 10.2. The number of hydrogen-bond donors (Lipinski definition) is 2. The molecule has 0 saturated heterocycles. The van der Waals surface area contributed by atoms with Crippen LogP contribution in [0.25, 0.3) is 0 Å². The van der Waals surface area contributed by atoms with E-state index in [1.165, 1.54) is 17.1 Å². The zero-order chi connectivity index (χ0) is 20.4. The van der Waals surface area contributed by atoms with E-state index in [9.17, 15) is 9.59 Å². The normalized spacial score (nSPS) is 11.0. The average Bonchev–Trinajstić information content (AvgIpc) is 3.31. The molecule has 10 nitrogen and oxygen atoms in total. The van der Waals surface area contributed by atoms with Gasteiger partial charge >= 0.3 is 5.97 Å². The second-order valence-corrected chi connectivity index (χ2v) is 6.58. The number of amides is 1. The molecule has 3 aromatic rings. The number of carbonyl (C=O) groups is 2. The fraction of sp³-hybridized carbons (Fsp3) is 0.389.